The van der Waals surface area contributed by atoms with Crippen LogP contribution in [0.3, 0.4) is 0 Å². The van der Waals surface area contributed by atoms with Gasteiger partial charge in [0.2, 0.25) is 5.71 Å². The zero-order valence-corrected chi connectivity index (χ0v) is 9.66. The number of furan rings is 1. The molecule has 2 aromatic heterocycles. The maximum absolute atomic E-state index is 11.9. The predicted molar refractivity (Wildman–Crippen MR) is 62.0 cm³/mol. The summed E-state index contributed by atoms with van der Waals surface area (Å²) in [6, 6.07) is 0. The van der Waals surface area contributed by atoms with E-state index in [0.717, 1.165) is 6.42 Å². The van der Waals surface area contributed by atoms with E-state index < -0.39 is 0 Å². The first-order valence-electron chi connectivity index (χ1n) is 5.40. The van der Waals surface area contributed by atoms with Gasteiger partial charge in [0.25, 0.3) is 11.5 Å². The fraction of sp³-hybridized carbons (Fsp3) is 0.364. The van der Waals surface area contributed by atoms with Gasteiger partial charge in [-0.15, -0.1) is 0 Å². The molecule has 0 radical (unpaired) electrons. The topological polar surface area (TPSA) is 88.0 Å². The van der Waals surface area contributed by atoms with Gasteiger partial charge in [0.1, 0.15) is 11.1 Å². The Morgan fingerprint density at radius 2 is 2.35 bits per heavy atom. The summed E-state index contributed by atoms with van der Waals surface area (Å²) in [4.78, 5) is 29.9. The number of carbonyl (C=O) groups excluding carboxylic acids is 1. The van der Waals surface area contributed by atoms with Crippen LogP contribution in [0, 0.1) is 6.92 Å². The maximum Gasteiger partial charge on any atom is 0.262 e. The van der Waals surface area contributed by atoms with Gasteiger partial charge in [0, 0.05) is 6.54 Å². The van der Waals surface area contributed by atoms with Crippen molar-refractivity contribution in [2.75, 3.05) is 6.54 Å². The van der Waals surface area contributed by atoms with Gasteiger partial charge in [-0.25, -0.2) is 4.98 Å². The van der Waals surface area contributed by atoms with Crippen LogP contribution in [-0.4, -0.2) is 22.4 Å². The minimum Gasteiger partial charge on any atom is -0.442 e. The van der Waals surface area contributed by atoms with Crippen molar-refractivity contribution in [3.8, 4) is 0 Å². The molecule has 0 saturated heterocycles. The molecule has 2 heterocycles. The van der Waals surface area contributed by atoms with Crippen molar-refractivity contribution < 1.29 is 9.21 Å². The summed E-state index contributed by atoms with van der Waals surface area (Å²) >= 11 is 0. The van der Waals surface area contributed by atoms with Gasteiger partial charge in [-0.05, 0) is 13.3 Å². The zero-order chi connectivity index (χ0) is 12.4. The van der Waals surface area contributed by atoms with Crippen LogP contribution in [0.4, 0.5) is 0 Å². The van der Waals surface area contributed by atoms with Gasteiger partial charge in [-0.3, -0.25) is 9.59 Å². The molecule has 1 amide bonds. The molecule has 0 aromatic carbocycles. The van der Waals surface area contributed by atoms with E-state index in [-0.39, 0.29) is 28.1 Å². The molecule has 0 bridgehead atoms. The zero-order valence-electron chi connectivity index (χ0n) is 9.66. The number of aryl methyl sites for hydroxylation is 1. The van der Waals surface area contributed by atoms with E-state index in [9.17, 15) is 9.59 Å². The Hall–Kier alpha value is -2.11. The van der Waals surface area contributed by atoms with Crippen molar-refractivity contribution in [2.24, 2.45) is 0 Å². The average molecular weight is 235 g/mol. The summed E-state index contributed by atoms with van der Waals surface area (Å²) in [5, 5.41) is 2.92. The van der Waals surface area contributed by atoms with Crippen LogP contribution >= 0.6 is 0 Å². The van der Waals surface area contributed by atoms with E-state index in [4.69, 9.17) is 4.42 Å². The molecular weight excluding hydrogens is 222 g/mol. The Morgan fingerprint density at radius 3 is 3.06 bits per heavy atom. The second-order valence-corrected chi connectivity index (χ2v) is 3.70. The summed E-state index contributed by atoms with van der Waals surface area (Å²) < 4.78 is 5.29. The van der Waals surface area contributed by atoms with Crippen molar-refractivity contribution in [3.05, 3.63) is 28.0 Å². The van der Waals surface area contributed by atoms with Gasteiger partial charge < -0.3 is 14.7 Å². The fourth-order valence-corrected chi connectivity index (χ4v) is 1.65. The number of aromatic nitrogens is 2. The third kappa shape index (κ3) is 1.93. The van der Waals surface area contributed by atoms with Crippen LogP contribution in [-0.2, 0) is 0 Å². The number of amides is 1. The maximum atomic E-state index is 11.9. The number of nitrogens with one attached hydrogen (secondary N) is 2. The minimum atomic E-state index is -0.367. The van der Waals surface area contributed by atoms with Crippen molar-refractivity contribution in [1.29, 1.82) is 0 Å². The summed E-state index contributed by atoms with van der Waals surface area (Å²) in [5.74, 6) is 0.0967. The molecule has 90 valence electrons. The average Bonchev–Trinajstić information content (AvgIpc) is 2.64. The second-order valence-electron chi connectivity index (χ2n) is 3.70. The van der Waals surface area contributed by atoms with Crippen LogP contribution < -0.4 is 10.9 Å². The molecule has 0 atom stereocenters. The van der Waals surface area contributed by atoms with Crippen LogP contribution in [0.25, 0.3) is 11.1 Å². The number of aromatic amines is 1. The van der Waals surface area contributed by atoms with E-state index >= 15 is 0 Å². The SMILES string of the molecule is CCCNC(=O)c1c(C)oc2nc[nH]c(=O)c12. The highest BCUT2D eigenvalue weighted by Gasteiger charge is 2.20. The minimum absolute atomic E-state index is 0.188. The summed E-state index contributed by atoms with van der Waals surface area (Å²) in [5.41, 5.74) is 0.0872. The number of carbonyl (C=O) groups is 1. The molecule has 0 saturated carbocycles. The number of H-pyrrole nitrogens is 1. The Kier molecular flexibility index (Phi) is 2.95. The van der Waals surface area contributed by atoms with E-state index in [1.165, 1.54) is 6.33 Å². The third-order valence-electron chi connectivity index (χ3n) is 2.43. The Balaban J connectivity index is 2.56. The Bertz CT molecular complexity index is 612. The molecule has 0 fully saturated rings. The standard InChI is InChI=1S/C11H13N3O3/c1-3-4-12-9(15)7-6(2)17-11-8(7)10(16)13-5-14-11/h5H,3-4H2,1-2H3,(H,12,15)(H,13,14,16). The molecule has 6 heteroatoms. The molecule has 0 aliphatic rings. The highest BCUT2D eigenvalue weighted by Crippen LogP contribution is 2.19. The number of hydrogen-bond donors (Lipinski definition) is 2. The molecule has 2 N–H and O–H groups in total. The number of hydrogen-bond acceptors (Lipinski definition) is 4. The van der Waals surface area contributed by atoms with Gasteiger partial charge in [-0.2, -0.15) is 0 Å². The van der Waals surface area contributed by atoms with Crippen molar-refractivity contribution in [2.45, 2.75) is 20.3 Å². The van der Waals surface area contributed by atoms with Crippen LogP contribution in [0.2, 0.25) is 0 Å². The number of nitrogens with zero attached hydrogens (tertiary/aromatic N) is 1. The van der Waals surface area contributed by atoms with E-state index in [0.29, 0.717) is 12.3 Å². The molecular formula is C11H13N3O3. The van der Waals surface area contributed by atoms with E-state index in [1.807, 2.05) is 6.92 Å². The number of fused-ring (bicyclic) bond motifs is 1. The lowest BCUT2D eigenvalue weighted by Gasteiger charge is -2.01. The smallest absolute Gasteiger partial charge is 0.262 e. The molecule has 2 rings (SSSR count). The first kappa shape index (κ1) is 11.4. The fourth-order valence-electron chi connectivity index (χ4n) is 1.65. The van der Waals surface area contributed by atoms with Crippen molar-refractivity contribution >= 4 is 17.0 Å². The van der Waals surface area contributed by atoms with Crippen molar-refractivity contribution in [1.82, 2.24) is 15.3 Å². The van der Waals surface area contributed by atoms with Gasteiger partial charge in [0.05, 0.1) is 11.9 Å². The second kappa shape index (κ2) is 4.40. The lowest BCUT2D eigenvalue weighted by atomic mass is 10.2. The Labute approximate surface area is 97.0 Å². The van der Waals surface area contributed by atoms with Crippen LogP contribution in [0.5, 0.6) is 0 Å². The highest BCUT2D eigenvalue weighted by molar-refractivity contribution is 6.06. The molecule has 0 spiro atoms. The quantitative estimate of drug-likeness (QED) is 0.829. The molecule has 17 heavy (non-hydrogen) atoms. The summed E-state index contributed by atoms with van der Waals surface area (Å²) in [6.45, 7) is 4.15. The van der Waals surface area contributed by atoms with Crippen molar-refractivity contribution in [3.63, 3.8) is 0 Å². The first-order valence-corrected chi connectivity index (χ1v) is 5.40. The predicted octanol–water partition coefficient (Wildman–Crippen LogP) is 0.964. The highest BCUT2D eigenvalue weighted by atomic mass is 16.3. The molecule has 0 unspecified atom stereocenters. The molecule has 0 aliphatic carbocycles. The normalized spacial score (nSPS) is 10.7. The van der Waals surface area contributed by atoms with Crippen LogP contribution in [0.1, 0.15) is 29.5 Å². The summed E-state index contributed by atoms with van der Waals surface area (Å²) in [6.07, 6.45) is 2.08. The third-order valence-corrected chi connectivity index (χ3v) is 2.43. The van der Waals surface area contributed by atoms with E-state index in [2.05, 4.69) is 15.3 Å². The van der Waals surface area contributed by atoms with Crippen LogP contribution in [0.15, 0.2) is 15.5 Å². The molecule has 2 aromatic rings. The number of rotatable bonds is 3. The first-order chi connectivity index (χ1) is 8.15. The lowest BCUT2D eigenvalue weighted by Crippen LogP contribution is -2.25. The Morgan fingerprint density at radius 1 is 1.59 bits per heavy atom. The van der Waals surface area contributed by atoms with Gasteiger partial charge in [0.15, 0.2) is 0 Å². The van der Waals surface area contributed by atoms with E-state index in [1.54, 1.807) is 6.92 Å². The summed E-state index contributed by atoms with van der Waals surface area (Å²) in [7, 11) is 0. The van der Waals surface area contributed by atoms with Gasteiger partial charge >= 0.3 is 0 Å². The lowest BCUT2D eigenvalue weighted by molar-refractivity contribution is 0.0953. The largest absolute Gasteiger partial charge is 0.442 e. The van der Waals surface area contributed by atoms with Gasteiger partial charge in [-0.1, -0.05) is 6.92 Å². The monoisotopic (exact) mass is 235 g/mol. The molecule has 0 aliphatic heterocycles. The molecule has 6 nitrogen and oxygen atoms in total.